The first-order valence-corrected chi connectivity index (χ1v) is 10.2. The zero-order chi connectivity index (χ0) is 17.3. The number of fused-ring (bicyclic) bond motifs is 1. The van der Waals surface area contributed by atoms with Gasteiger partial charge in [-0.1, -0.05) is 15.9 Å². The van der Waals surface area contributed by atoms with Gasteiger partial charge in [0.25, 0.3) is 0 Å². The second-order valence-corrected chi connectivity index (χ2v) is 10.1. The number of rotatable bonds is 3. The molecule has 1 N–H and O–H groups in total. The van der Waals surface area contributed by atoms with E-state index in [2.05, 4.69) is 26.7 Å². The van der Waals surface area contributed by atoms with Gasteiger partial charge in [-0.05, 0) is 57.9 Å². The van der Waals surface area contributed by atoms with E-state index in [1.165, 1.54) is 0 Å². The van der Waals surface area contributed by atoms with E-state index < -0.39 is 11.0 Å². The molecule has 0 aromatic heterocycles. The normalized spacial score (nSPS) is 25.2. The zero-order valence-corrected chi connectivity index (χ0v) is 16.7. The Morgan fingerprint density at radius 3 is 2.79 bits per heavy atom. The highest BCUT2D eigenvalue weighted by Crippen LogP contribution is 2.36. The van der Waals surface area contributed by atoms with Crippen molar-refractivity contribution in [3.63, 3.8) is 0 Å². The summed E-state index contributed by atoms with van der Waals surface area (Å²) in [5.41, 5.74) is 1.82. The molecule has 3 atom stereocenters. The zero-order valence-electron chi connectivity index (χ0n) is 14.3. The van der Waals surface area contributed by atoms with E-state index in [-0.39, 0.29) is 10.9 Å². The Bertz CT molecular complexity index is 663. The molecule has 1 saturated heterocycles. The van der Waals surface area contributed by atoms with E-state index in [0.717, 1.165) is 40.9 Å². The number of halogens is 1. The quantitative estimate of drug-likeness (QED) is 0.813. The molecule has 0 radical (unpaired) electrons. The van der Waals surface area contributed by atoms with Gasteiger partial charge < -0.3 is 14.2 Å². The molecule has 0 amide bonds. The van der Waals surface area contributed by atoms with Crippen LogP contribution in [0.1, 0.15) is 39.2 Å². The van der Waals surface area contributed by atoms with Crippen molar-refractivity contribution in [3.8, 4) is 5.75 Å². The third-order valence-electron chi connectivity index (χ3n) is 4.24. The summed E-state index contributed by atoms with van der Waals surface area (Å²) in [6.07, 6.45) is 4.15. The molecular weight excluding hydrogens is 390 g/mol. The van der Waals surface area contributed by atoms with Crippen molar-refractivity contribution in [3.05, 3.63) is 34.3 Å². The predicted molar refractivity (Wildman–Crippen MR) is 101 cm³/mol. The smallest absolute Gasteiger partial charge is 0.129 e. The van der Waals surface area contributed by atoms with Gasteiger partial charge in [0, 0.05) is 22.6 Å². The van der Waals surface area contributed by atoms with Crippen LogP contribution in [0.2, 0.25) is 0 Å². The summed E-state index contributed by atoms with van der Waals surface area (Å²) < 4.78 is 28.3. The first-order valence-electron chi connectivity index (χ1n) is 8.29. The van der Waals surface area contributed by atoms with Gasteiger partial charge in [0.15, 0.2) is 0 Å². The molecule has 1 fully saturated rings. The fraction of sp³-hybridized carbons (Fsp3) is 0.556. The average molecular weight is 414 g/mol. The van der Waals surface area contributed by atoms with E-state index >= 15 is 0 Å². The van der Waals surface area contributed by atoms with Crippen molar-refractivity contribution in [2.75, 3.05) is 13.2 Å². The standard InChI is InChI=1S/C18H24BrNO3S/c1-18(2,3)24(21)20-15-10-17(12-5-4-8-22-11-12)23-16-7-6-13(19)9-14(15)16/h6-7,9-10,12,17,20H,4-5,8,11H2,1-3H3. The Morgan fingerprint density at radius 1 is 1.33 bits per heavy atom. The lowest BCUT2D eigenvalue weighted by molar-refractivity contribution is 0.0148. The minimum Gasteiger partial charge on any atom is -0.485 e. The third-order valence-corrected chi connectivity index (χ3v) is 6.26. The van der Waals surface area contributed by atoms with E-state index in [1.54, 1.807) is 0 Å². The van der Waals surface area contributed by atoms with Crippen LogP contribution in [0.25, 0.3) is 5.70 Å². The summed E-state index contributed by atoms with van der Waals surface area (Å²) in [5.74, 6) is 1.15. The lowest BCUT2D eigenvalue weighted by Gasteiger charge is -2.33. The van der Waals surface area contributed by atoms with Crippen molar-refractivity contribution in [1.29, 1.82) is 0 Å². The van der Waals surface area contributed by atoms with Crippen LogP contribution < -0.4 is 9.46 Å². The van der Waals surface area contributed by atoms with Crippen molar-refractivity contribution < 1.29 is 13.7 Å². The van der Waals surface area contributed by atoms with E-state index in [9.17, 15) is 4.21 Å². The van der Waals surface area contributed by atoms with Crippen LogP contribution in [0.5, 0.6) is 5.75 Å². The number of nitrogens with one attached hydrogen (secondary N) is 1. The van der Waals surface area contributed by atoms with Gasteiger partial charge in [-0.25, -0.2) is 4.21 Å². The SMILES string of the molecule is CC(C)(C)S(=O)NC1=CC(C2CCCOC2)Oc2ccc(Br)cc21. The average Bonchev–Trinajstić information content (AvgIpc) is 2.55. The predicted octanol–water partition coefficient (Wildman–Crippen LogP) is 4.03. The summed E-state index contributed by atoms with van der Waals surface area (Å²) >= 11 is 3.51. The lowest BCUT2D eigenvalue weighted by atomic mass is 9.92. The summed E-state index contributed by atoms with van der Waals surface area (Å²) in [4.78, 5) is 0. The molecule has 0 spiro atoms. The Hall–Kier alpha value is -0.850. The summed E-state index contributed by atoms with van der Waals surface area (Å²) in [7, 11) is -1.19. The molecule has 1 aromatic carbocycles. The Morgan fingerprint density at radius 2 is 2.12 bits per heavy atom. The highest BCUT2D eigenvalue weighted by molar-refractivity contribution is 9.10. The van der Waals surface area contributed by atoms with Crippen LogP contribution in [-0.4, -0.2) is 28.3 Å². The highest BCUT2D eigenvalue weighted by Gasteiger charge is 2.31. The molecule has 6 heteroatoms. The fourth-order valence-electron chi connectivity index (χ4n) is 2.85. The van der Waals surface area contributed by atoms with Gasteiger partial charge in [0.1, 0.15) is 22.8 Å². The molecular formula is C18H24BrNO3S. The first kappa shape index (κ1) is 18.0. The maximum Gasteiger partial charge on any atom is 0.129 e. The van der Waals surface area contributed by atoms with Gasteiger partial charge in [-0.3, -0.25) is 0 Å². The molecule has 3 unspecified atom stereocenters. The van der Waals surface area contributed by atoms with Crippen molar-refractivity contribution >= 4 is 32.6 Å². The summed E-state index contributed by atoms with van der Waals surface area (Å²) in [5, 5.41) is 0. The molecule has 2 heterocycles. The maximum absolute atomic E-state index is 12.6. The van der Waals surface area contributed by atoms with Gasteiger partial charge in [-0.15, -0.1) is 0 Å². The van der Waals surface area contributed by atoms with Crippen molar-refractivity contribution in [2.45, 2.75) is 44.5 Å². The molecule has 0 saturated carbocycles. The molecule has 3 rings (SSSR count). The fourth-order valence-corrected chi connectivity index (χ4v) is 3.89. The van der Waals surface area contributed by atoms with E-state index in [1.807, 2.05) is 39.0 Å². The second kappa shape index (κ2) is 7.18. The molecule has 2 aliphatic heterocycles. The van der Waals surface area contributed by atoms with Crippen LogP contribution in [0.3, 0.4) is 0 Å². The molecule has 4 nitrogen and oxygen atoms in total. The van der Waals surface area contributed by atoms with Gasteiger partial charge >= 0.3 is 0 Å². The lowest BCUT2D eigenvalue weighted by Crippen LogP contribution is -2.37. The Balaban J connectivity index is 1.92. The second-order valence-electron chi connectivity index (χ2n) is 7.26. The van der Waals surface area contributed by atoms with Crippen LogP contribution in [0.15, 0.2) is 28.7 Å². The topological polar surface area (TPSA) is 47.6 Å². The van der Waals surface area contributed by atoms with E-state index in [0.29, 0.717) is 12.5 Å². The minimum absolute atomic E-state index is 0.0570. The number of ether oxygens (including phenoxy) is 2. The first-order chi connectivity index (χ1) is 11.3. The van der Waals surface area contributed by atoms with Gasteiger partial charge in [-0.2, -0.15) is 0 Å². The molecule has 0 aliphatic carbocycles. The Kier molecular flexibility index (Phi) is 5.37. The number of hydrogen-bond donors (Lipinski definition) is 1. The van der Waals surface area contributed by atoms with Crippen LogP contribution in [0.4, 0.5) is 0 Å². The summed E-state index contributed by atoms with van der Waals surface area (Å²) in [6.45, 7) is 7.43. The number of hydrogen-bond acceptors (Lipinski definition) is 3. The summed E-state index contributed by atoms with van der Waals surface area (Å²) in [6, 6.07) is 5.93. The highest BCUT2D eigenvalue weighted by atomic mass is 79.9. The van der Waals surface area contributed by atoms with Gasteiger partial charge in [0.05, 0.1) is 17.1 Å². The van der Waals surface area contributed by atoms with Crippen LogP contribution in [0, 0.1) is 5.92 Å². The molecule has 1 aromatic rings. The van der Waals surface area contributed by atoms with Gasteiger partial charge in [0.2, 0.25) is 0 Å². The third kappa shape index (κ3) is 4.03. The molecule has 132 valence electrons. The van der Waals surface area contributed by atoms with E-state index in [4.69, 9.17) is 9.47 Å². The van der Waals surface area contributed by atoms with Crippen LogP contribution in [-0.2, 0) is 15.7 Å². The van der Waals surface area contributed by atoms with Crippen molar-refractivity contribution in [2.24, 2.45) is 5.92 Å². The van der Waals surface area contributed by atoms with Crippen molar-refractivity contribution in [1.82, 2.24) is 4.72 Å². The number of benzene rings is 1. The minimum atomic E-state index is -1.19. The molecule has 0 bridgehead atoms. The maximum atomic E-state index is 12.6. The van der Waals surface area contributed by atoms with Crippen LogP contribution >= 0.6 is 15.9 Å². The monoisotopic (exact) mass is 413 g/mol. The molecule has 2 aliphatic rings. The Labute approximate surface area is 154 Å². The largest absolute Gasteiger partial charge is 0.485 e. The molecule has 24 heavy (non-hydrogen) atoms.